The lowest BCUT2D eigenvalue weighted by Crippen LogP contribution is -2.42. The van der Waals surface area contributed by atoms with Crippen LogP contribution in [-0.2, 0) is 0 Å². The van der Waals surface area contributed by atoms with Crippen LogP contribution in [0.2, 0.25) is 0 Å². The number of thiazole rings is 1. The Bertz CT molecular complexity index is 392. The Labute approximate surface area is 121 Å². The summed E-state index contributed by atoms with van der Waals surface area (Å²) in [6, 6.07) is 0. The van der Waals surface area contributed by atoms with Gasteiger partial charge in [-0.25, -0.2) is 4.98 Å². The van der Waals surface area contributed by atoms with Gasteiger partial charge in [0.15, 0.2) is 5.13 Å². The van der Waals surface area contributed by atoms with E-state index in [2.05, 4.69) is 49.8 Å². The predicted molar refractivity (Wildman–Crippen MR) is 84.3 cm³/mol. The molecule has 2 heterocycles. The van der Waals surface area contributed by atoms with Gasteiger partial charge < -0.3 is 10.2 Å². The van der Waals surface area contributed by atoms with Crippen molar-refractivity contribution in [1.82, 2.24) is 10.3 Å². The van der Waals surface area contributed by atoms with Crippen LogP contribution in [0.4, 0.5) is 5.13 Å². The first-order valence-corrected chi connectivity index (χ1v) is 8.11. The third kappa shape index (κ3) is 4.18. The molecule has 3 nitrogen and oxygen atoms in total. The van der Waals surface area contributed by atoms with Gasteiger partial charge in [0.2, 0.25) is 0 Å². The Hall–Kier alpha value is -0.610. The minimum absolute atomic E-state index is 0.237. The fourth-order valence-electron chi connectivity index (χ4n) is 2.37. The lowest BCUT2D eigenvalue weighted by Gasteiger charge is -2.33. The number of nitrogens with one attached hydrogen (secondary N) is 1. The van der Waals surface area contributed by atoms with Gasteiger partial charge in [0.1, 0.15) is 0 Å². The van der Waals surface area contributed by atoms with Crippen LogP contribution in [0.1, 0.15) is 44.2 Å². The Morgan fingerprint density at radius 3 is 2.37 bits per heavy atom. The Morgan fingerprint density at radius 1 is 1.26 bits per heavy atom. The van der Waals surface area contributed by atoms with Crippen molar-refractivity contribution < 1.29 is 0 Å². The van der Waals surface area contributed by atoms with Gasteiger partial charge in [-0.2, -0.15) is 0 Å². The number of aromatic nitrogens is 1. The van der Waals surface area contributed by atoms with E-state index in [1.165, 1.54) is 28.5 Å². The van der Waals surface area contributed by atoms with E-state index in [9.17, 15) is 0 Å². The summed E-state index contributed by atoms with van der Waals surface area (Å²) in [5, 5.41) is 4.85. The summed E-state index contributed by atoms with van der Waals surface area (Å²) in [5.74, 6) is 0.817. The maximum atomic E-state index is 4.67. The Morgan fingerprint density at radius 2 is 1.89 bits per heavy atom. The molecule has 19 heavy (non-hydrogen) atoms. The van der Waals surface area contributed by atoms with Gasteiger partial charge in [0.25, 0.3) is 0 Å². The van der Waals surface area contributed by atoms with Gasteiger partial charge in [-0.15, -0.1) is 11.3 Å². The van der Waals surface area contributed by atoms with E-state index in [0.717, 1.165) is 25.6 Å². The highest BCUT2D eigenvalue weighted by atomic mass is 32.1. The molecule has 0 radical (unpaired) electrons. The summed E-state index contributed by atoms with van der Waals surface area (Å²) in [4.78, 5) is 8.48. The van der Waals surface area contributed by atoms with Crippen LogP contribution in [0.25, 0.3) is 0 Å². The second-order valence-electron chi connectivity index (χ2n) is 6.70. The first kappa shape index (κ1) is 14.8. The molecular weight excluding hydrogens is 254 g/mol. The third-order valence-electron chi connectivity index (χ3n) is 3.82. The molecule has 1 aliphatic rings. The molecule has 1 fully saturated rings. The van der Waals surface area contributed by atoms with Crippen LogP contribution in [0.15, 0.2) is 0 Å². The van der Waals surface area contributed by atoms with E-state index >= 15 is 0 Å². The summed E-state index contributed by atoms with van der Waals surface area (Å²) in [6.45, 7) is 14.4. The number of aryl methyl sites for hydroxylation is 2. The predicted octanol–water partition coefficient (Wildman–Crippen LogP) is 3.36. The van der Waals surface area contributed by atoms with Gasteiger partial charge in [0, 0.05) is 23.5 Å². The number of rotatable bonds is 3. The van der Waals surface area contributed by atoms with Crippen molar-refractivity contribution in [3.63, 3.8) is 0 Å². The summed E-state index contributed by atoms with van der Waals surface area (Å²) >= 11 is 1.84. The Balaban J connectivity index is 1.82. The minimum atomic E-state index is 0.237. The van der Waals surface area contributed by atoms with E-state index in [0.29, 0.717) is 0 Å². The van der Waals surface area contributed by atoms with Crippen LogP contribution in [0, 0.1) is 19.8 Å². The average molecular weight is 281 g/mol. The molecule has 0 saturated carbocycles. The molecule has 1 aromatic heterocycles. The van der Waals surface area contributed by atoms with Gasteiger partial charge in [-0.05, 0) is 59.9 Å². The van der Waals surface area contributed by atoms with Gasteiger partial charge in [-0.1, -0.05) is 0 Å². The van der Waals surface area contributed by atoms with Crippen LogP contribution < -0.4 is 10.2 Å². The fraction of sp³-hybridized carbons (Fsp3) is 0.800. The lowest BCUT2D eigenvalue weighted by molar-refractivity contribution is 0.329. The zero-order valence-electron chi connectivity index (χ0n) is 12.9. The molecule has 0 bridgehead atoms. The van der Waals surface area contributed by atoms with E-state index < -0.39 is 0 Å². The van der Waals surface area contributed by atoms with Crippen LogP contribution >= 0.6 is 11.3 Å². The molecule has 1 aromatic rings. The molecular formula is C15H27N3S. The van der Waals surface area contributed by atoms with E-state index in [-0.39, 0.29) is 5.54 Å². The van der Waals surface area contributed by atoms with E-state index in [4.69, 9.17) is 0 Å². The number of hydrogen-bond acceptors (Lipinski definition) is 4. The highest BCUT2D eigenvalue weighted by Gasteiger charge is 2.22. The number of hydrogen-bond donors (Lipinski definition) is 1. The average Bonchev–Trinajstić information content (AvgIpc) is 2.67. The highest BCUT2D eigenvalue weighted by molar-refractivity contribution is 7.15. The minimum Gasteiger partial charge on any atom is -0.348 e. The summed E-state index contributed by atoms with van der Waals surface area (Å²) < 4.78 is 0. The SMILES string of the molecule is Cc1nc(N2CCC(CNC(C)(C)C)CC2)sc1C. The zero-order valence-corrected chi connectivity index (χ0v) is 13.7. The standard InChI is InChI=1S/C15H27N3S/c1-11-12(2)19-14(17-11)18-8-6-13(7-9-18)10-16-15(3,4)5/h13,16H,6-10H2,1-5H3. The van der Waals surface area contributed by atoms with Crippen molar-refractivity contribution in [3.8, 4) is 0 Å². The van der Waals surface area contributed by atoms with Crippen molar-refractivity contribution in [2.24, 2.45) is 5.92 Å². The molecule has 0 atom stereocenters. The summed E-state index contributed by atoms with van der Waals surface area (Å²) in [6.07, 6.45) is 2.56. The number of nitrogens with zero attached hydrogens (tertiary/aromatic N) is 2. The van der Waals surface area contributed by atoms with Crippen LogP contribution in [-0.4, -0.2) is 30.2 Å². The van der Waals surface area contributed by atoms with Crippen molar-refractivity contribution in [2.45, 2.75) is 53.0 Å². The van der Waals surface area contributed by atoms with Crippen molar-refractivity contribution in [1.29, 1.82) is 0 Å². The lowest BCUT2D eigenvalue weighted by atomic mass is 9.96. The van der Waals surface area contributed by atoms with Crippen molar-refractivity contribution in [2.75, 3.05) is 24.5 Å². The normalized spacial score (nSPS) is 18.1. The molecule has 0 unspecified atom stereocenters. The number of anilines is 1. The van der Waals surface area contributed by atoms with Crippen molar-refractivity contribution in [3.05, 3.63) is 10.6 Å². The largest absolute Gasteiger partial charge is 0.348 e. The highest BCUT2D eigenvalue weighted by Crippen LogP contribution is 2.28. The Kier molecular flexibility index (Phi) is 4.51. The molecule has 4 heteroatoms. The smallest absolute Gasteiger partial charge is 0.185 e. The third-order valence-corrected chi connectivity index (χ3v) is 4.96. The second-order valence-corrected chi connectivity index (χ2v) is 7.88. The molecule has 0 amide bonds. The maximum Gasteiger partial charge on any atom is 0.185 e. The molecule has 0 spiro atoms. The maximum absolute atomic E-state index is 4.67. The first-order chi connectivity index (χ1) is 8.85. The molecule has 1 aliphatic heterocycles. The molecule has 0 aromatic carbocycles. The first-order valence-electron chi connectivity index (χ1n) is 7.29. The van der Waals surface area contributed by atoms with Crippen LogP contribution in [0.3, 0.4) is 0 Å². The number of piperidine rings is 1. The molecule has 1 N–H and O–H groups in total. The van der Waals surface area contributed by atoms with Crippen molar-refractivity contribution >= 4 is 16.5 Å². The van der Waals surface area contributed by atoms with E-state index in [1.54, 1.807) is 0 Å². The second kappa shape index (κ2) is 5.80. The summed E-state index contributed by atoms with van der Waals surface area (Å²) in [5.41, 5.74) is 1.43. The molecule has 1 saturated heterocycles. The van der Waals surface area contributed by atoms with Gasteiger partial charge in [-0.3, -0.25) is 0 Å². The summed E-state index contributed by atoms with van der Waals surface area (Å²) in [7, 11) is 0. The van der Waals surface area contributed by atoms with Gasteiger partial charge >= 0.3 is 0 Å². The quantitative estimate of drug-likeness (QED) is 0.921. The molecule has 108 valence electrons. The zero-order chi connectivity index (χ0) is 14.0. The topological polar surface area (TPSA) is 28.2 Å². The van der Waals surface area contributed by atoms with Crippen LogP contribution in [0.5, 0.6) is 0 Å². The monoisotopic (exact) mass is 281 g/mol. The van der Waals surface area contributed by atoms with Gasteiger partial charge in [0.05, 0.1) is 5.69 Å². The molecule has 0 aliphatic carbocycles. The molecule has 2 rings (SSSR count). The fourth-order valence-corrected chi connectivity index (χ4v) is 3.33. The van der Waals surface area contributed by atoms with E-state index in [1.807, 2.05) is 11.3 Å².